The zero-order valence-electron chi connectivity index (χ0n) is 15.9. The Morgan fingerprint density at radius 2 is 0.833 bits per heavy atom. The maximum atomic E-state index is 12.3. The molecule has 0 aliphatic carbocycles. The van der Waals surface area contributed by atoms with Gasteiger partial charge in [0.05, 0.1) is 9.79 Å². The number of hydrogen-bond acceptors (Lipinski definition) is 6. The van der Waals surface area contributed by atoms with Crippen LogP contribution in [0.15, 0.2) is 82.6 Å². The van der Waals surface area contributed by atoms with Crippen molar-refractivity contribution in [3.05, 3.63) is 83.9 Å². The first-order valence-corrected chi connectivity index (χ1v) is 11.9. The average Bonchev–Trinajstić information content (AvgIpc) is 2.72. The van der Waals surface area contributed by atoms with Crippen molar-refractivity contribution in [2.24, 2.45) is 0 Å². The summed E-state index contributed by atoms with van der Waals surface area (Å²) in [5, 5.41) is 0. The molecule has 8 nitrogen and oxygen atoms in total. The molecule has 158 valence electrons. The Morgan fingerprint density at radius 3 is 1.13 bits per heavy atom. The highest BCUT2D eigenvalue weighted by molar-refractivity contribution is 7.89. The molecule has 3 rings (SSSR count). The maximum absolute atomic E-state index is 12.3. The Bertz CT molecular complexity index is 1110. The van der Waals surface area contributed by atoms with Crippen LogP contribution in [0.25, 0.3) is 0 Å². The van der Waals surface area contributed by atoms with Crippen molar-refractivity contribution in [3.63, 3.8) is 0 Å². The Morgan fingerprint density at radius 1 is 0.533 bits per heavy atom. The standard InChI is InChI=1S/C20H22N4O4S2/c21-17-5-9-19(10-6-17)29(25,26)23-13-15-1-2-16(4-3-15)14-24-30(27,28)20-11-7-18(22)8-12-20/h1-12,23-24H,13-14,21-22H2. The topological polar surface area (TPSA) is 144 Å². The van der Waals surface area contributed by atoms with Gasteiger partial charge in [0.25, 0.3) is 0 Å². The first-order chi connectivity index (χ1) is 14.2. The van der Waals surface area contributed by atoms with E-state index in [1.807, 2.05) is 0 Å². The highest BCUT2D eigenvalue weighted by Gasteiger charge is 2.14. The smallest absolute Gasteiger partial charge is 0.240 e. The van der Waals surface area contributed by atoms with E-state index in [9.17, 15) is 16.8 Å². The highest BCUT2D eigenvalue weighted by Crippen LogP contribution is 2.14. The lowest BCUT2D eigenvalue weighted by Crippen LogP contribution is -2.24. The van der Waals surface area contributed by atoms with Gasteiger partial charge < -0.3 is 11.5 Å². The zero-order valence-corrected chi connectivity index (χ0v) is 17.6. The molecule has 0 aliphatic rings. The van der Waals surface area contributed by atoms with E-state index in [0.29, 0.717) is 11.4 Å². The molecular formula is C20H22N4O4S2. The minimum absolute atomic E-state index is 0.101. The number of nitrogen functional groups attached to an aromatic ring is 2. The summed E-state index contributed by atoms with van der Waals surface area (Å²) in [5.74, 6) is 0. The maximum Gasteiger partial charge on any atom is 0.240 e. The second-order valence-electron chi connectivity index (χ2n) is 6.60. The summed E-state index contributed by atoms with van der Waals surface area (Å²) in [6.45, 7) is 0.203. The molecule has 6 N–H and O–H groups in total. The Balaban J connectivity index is 1.58. The van der Waals surface area contributed by atoms with E-state index in [1.54, 1.807) is 24.3 Å². The monoisotopic (exact) mass is 446 g/mol. The van der Waals surface area contributed by atoms with Crippen molar-refractivity contribution in [2.75, 3.05) is 11.5 Å². The third kappa shape index (κ3) is 5.57. The molecule has 3 aromatic rings. The predicted octanol–water partition coefficient (Wildman–Crippen LogP) is 1.81. The van der Waals surface area contributed by atoms with Gasteiger partial charge in [-0.2, -0.15) is 0 Å². The van der Waals surface area contributed by atoms with E-state index in [2.05, 4.69) is 9.44 Å². The minimum atomic E-state index is -3.65. The Hall–Kier alpha value is -2.92. The number of nitrogens with one attached hydrogen (secondary N) is 2. The van der Waals surface area contributed by atoms with Crippen LogP contribution in [0.4, 0.5) is 11.4 Å². The van der Waals surface area contributed by atoms with Crippen LogP contribution in [0.1, 0.15) is 11.1 Å². The second kappa shape index (κ2) is 8.84. The molecule has 0 amide bonds. The molecule has 0 heterocycles. The van der Waals surface area contributed by atoms with Gasteiger partial charge in [-0.3, -0.25) is 0 Å². The summed E-state index contributed by atoms with van der Waals surface area (Å²) < 4.78 is 54.3. The summed E-state index contributed by atoms with van der Waals surface area (Å²) in [4.78, 5) is 0.260. The van der Waals surface area contributed by atoms with Gasteiger partial charge in [0.15, 0.2) is 0 Å². The fourth-order valence-electron chi connectivity index (χ4n) is 2.59. The van der Waals surface area contributed by atoms with Crippen LogP contribution >= 0.6 is 0 Å². The molecule has 0 bridgehead atoms. The first kappa shape index (κ1) is 21.8. The number of rotatable bonds is 8. The van der Waals surface area contributed by atoms with Gasteiger partial charge in [0, 0.05) is 24.5 Å². The molecule has 0 saturated carbocycles. The van der Waals surface area contributed by atoms with Gasteiger partial charge in [-0.15, -0.1) is 0 Å². The fourth-order valence-corrected chi connectivity index (χ4v) is 4.63. The van der Waals surface area contributed by atoms with E-state index in [-0.39, 0.29) is 22.9 Å². The number of benzene rings is 3. The highest BCUT2D eigenvalue weighted by atomic mass is 32.2. The summed E-state index contributed by atoms with van der Waals surface area (Å²) in [6.07, 6.45) is 0. The van der Waals surface area contributed by atoms with Gasteiger partial charge in [0.1, 0.15) is 0 Å². The Kier molecular flexibility index (Phi) is 6.42. The summed E-state index contributed by atoms with van der Waals surface area (Å²) in [7, 11) is -7.31. The minimum Gasteiger partial charge on any atom is -0.399 e. The van der Waals surface area contributed by atoms with Crippen molar-refractivity contribution in [1.29, 1.82) is 0 Å². The third-order valence-corrected chi connectivity index (χ3v) is 7.17. The van der Waals surface area contributed by atoms with Crippen molar-refractivity contribution < 1.29 is 16.8 Å². The van der Waals surface area contributed by atoms with Crippen molar-refractivity contribution >= 4 is 31.4 Å². The van der Waals surface area contributed by atoms with Gasteiger partial charge in [-0.05, 0) is 59.7 Å². The summed E-state index contributed by atoms with van der Waals surface area (Å²) in [6, 6.07) is 18.8. The normalized spacial score (nSPS) is 12.0. The van der Waals surface area contributed by atoms with Crippen LogP contribution in [0.5, 0.6) is 0 Å². The summed E-state index contributed by atoms with van der Waals surface area (Å²) in [5.41, 5.74) is 13.6. The molecule has 0 unspecified atom stereocenters. The molecule has 30 heavy (non-hydrogen) atoms. The average molecular weight is 447 g/mol. The van der Waals surface area contributed by atoms with E-state index >= 15 is 0 Å². The molecule has 0 aromatic heterocycles. The second-order valence-corrected chi connectivity index (χ2v) is 10.1. The largest absolute Gasteiger partial charge is 0.399 e. The molecule has 0 aliphatic heterocycles. The van der Waals surface area contributed by atoms with Crippen LogP contribution in [0.2, 0.25) is 0 Å². The molecule has 0 radical (unpaired) electrons. The molecule has 0 atom stereocenters. The molecule has 0 fully saturated rings. The lowest BCUT2D eigenvalue weighted by molar-refractivity contribution is 0.579. The number of hydrogen-bond donors (Lipinski definition) is 4. The lowest BCUT2D eigenvalue weighted by Gasteiger charge is -2.09. The fraction of sp³-hybridized carbons (Fsp3) is 0.100. The number of nitrogens with two attached hydrogens (primary N) is 2. The van der Waals surface area contributed by atoms with Crippen molar-refractivity contribution in [3.8, 4) is 0 Å². The molecule has 0 saturated heterocycles. The van der Waals surface area contributed by atoms with E-state index in [1.165, 1.54) is 48.5 Å². The van der Waals surface area contributed by atoms with E-state index < -0.39 is 20.0 Å². The SMILES string of the molecule is Nc1ccc(S(=O)(=O)NCc2ccc(CNS(=O)(=O)c3ccc(N)cc3)cc2)cc1. The number of anilines is 2. The van der Waals surface area contributed by atoms with Gasteiger partial charge in [-0.25, -0.2) is 26.3 Å². The number of sulfonamides is 2. The van der Waals surface area contributed by atoms with Crippen LogP contribution < -0.4 is 20.9 Å². The molecule has 0 spiro atoms. The molecule has 3 aromatic carbocycles. The van der Waals surface area contributed by atoms with Crippen LogP contribution in [0.3, 0.4) is 0 Å². The third-order valence-electron chi connectivity index (χ3n) is 4.34. The molecular weight excluding hydrogens is 424 g/mol. The van der Waals surface area contributed by atoms with Gasteiger partial charge >= 0.3 is 0 Å². The van der Waals surface area contributed by atoms with Crippen LogP contribution in [0, 0.1) is 0 Å². The predicted molar refractivity (Wildman–Crippen MR) is 116 cm³/mol. The van der Waals surface area contributed by atoms with Gasteiger partial charge in [0.2, 0.25) is 20.0 Å². The Labute approximate surface area is 176 Å². The summed E-state index contributed by atoms with van der Waals surface area (Å²) >= 11 is 0. The zero-order chi connectivity index (χ0) is 21.8. The van der Waals surface area contributed by atoms with Gasteiger partial charge in [-0.1, -0.05) is 24.3 Å². The van der Waals surface area contributed by atoms with Crippen molar-refractivity contribution in [2.45, 2.75) is 22.9 Å². The van der Waals surface area contributed by atoms with E-state index in [4.69, 9.17) is 11.5 Å². The van der Waals surface area contributed by atoms with Crippen molar-refractivity contribution in [1.82, 2.24) is 9.44 Å². The van der Waals surface area contributed by atoms with Crippen LogP contribution in [-0.2, 0) is 33.1 Å². The quantitative estimate of drug-likeness (QED) is 0.388. The van der Waals surface area contributed by atoms with Crippen LogP contribution in [-0.4, -0.2) is 16.8 Å². The molecule has 10 heteroatoms. The van der Waals surface area contributed by atoms with E-state index in [0.717, 1.165) is 11.1 Å². The lowest BCUT2D eigenvalue weighted by atomic mass is 10.1. The first-order valence-electron chi connectivity index (χ1n) is 8.94.